The van der Waals surface area contributed by atoms with Gasteiger partial charge in [0.25, 0.3) is 0 Å². The van der Waals surface area contributed by atoms with Crippen molar-refractivity contribution >= 4 is 42.1 Å². The fourth-order valence-electron chi connectivity index (χ4n) is 1.51. The van der Waals surface area contributed by atoms with Gasteiger partial charge in [-0.05, 0) is 0 Å². The van der Waals surface area contributed by atoms with E-state index >= 15 is 0 Å². The summed E-state index contributed by atoms with van der Waals surface area (Å²) in [6, 6.07) is 8.26. The van der Waals surface area contributed by atoms with E-state index in [4.69, 9.17) is 6.42 Å². The van der Waals surface area contributed by atoms with Crippen LogP contribution in [-0.4, -0.2) is 26.2 Å². The third-order valence-corrected chi connectivity index (χ3v) is 5.44. The van der Waals surface area contributed by atoms with E-state index in [2.05, 4.69) is 35.4 Å². The van der Waals surface area contributed by atoms with Gasteiger partial charge in [0.05, 0.1) is 0 Å². The molecule has 1 nitrogen and oxygen atoms in total. The Hall–Kier alpha value is -0.941. The Bertz CT molecular complexity index is 545. The minimum atomic E-state index is 0.343. The molecule has 0 N–H and O–H groups in total. The Kier molecular flexibility index (Phi) is 3.90. The molecule has 0 aliphatic carbocycles. The molecule has 0 unspecified atom stereocenters. The summed E-state index contributed by atoms with van der Waals surface area (Å²) in [4.78, 5) is 5.72. The molecule has 0 saturated carbocycles. The molecule has 0 aliphatic heterocycles. The summed E-state index contributed by atoms with van der Waals surface area (Å²) >= 11 is 2.09. The summed E-state index contributed by atoms with van der Waals surface area (Å²) in [7, 11) is 0. The SMILES string of the molecule is C#CC[Se]c1c(SC)cnc2ccccc12. The van der Waals surface area contributed by atoms with Crippen molar-refractivity contribution < 1.29 is 0 Å². The molecule has 0 fully saturated rings. The number of hydrogen-bond donors (Lipinski definition) is 0. The number of hydrogen-bond acceptors (Lipinski definition) is 2. The van der Waals surface area contributed by atoms with Crippen molar-refractivity contribution in [3.05, 3.63) is 30.5 Å². The molecule has 1 heterocycles. The average Bonchev–Trinajstić information content (AvgIpc) is 2.35. The van der Waals surface area contributed by atoms with Gasteiger partial charge in [-0.25, -0.2) is 0 Å². The molecule has 0 aliphatic rings. The summed E-state index contributed by atoms with van der Waals surface area (Å²) in [5, 5.41) is 2.10. The van der Waals surface area contributed by atoms with Crippen molar-refractivity contribution in [1.82, 2.24) is 4.98 Å². The summed E-state index contributed by atoms with van der Waals surface area (Å²) in [5.41, 5.74) is 1.06. The first-order valence-electron chi connectivity index (χ1n) is 4.85. The number of para-hydroxylation sites is 1. The Morgan fingerprint density at radius 1 is 1.44 bits per heavy atom. The molecule has 0 atom stereocenters. The van der Waals surface area contributed by atoms with Gasteiger partial charge in [-0.3, -0.25) is 0 Å². The molecule has 3 heteroatoms. The zero-order valence-electron chi connectivity index (χ0n) is 8.93. The molecule has 0 bridgehead atoms. The van der Waals surface area contributed by atoms with Crippen LogP contribution >= 0.6 is 11.8 Å². The maximum atomic E-state index is 5.36. The quantitative estimate of drug-likeness (QED) is 0.489. The third kappa shape index (κ3) is 2.25. The molecule has 1 aromatic heterocycles. The van der Waals surface area contributed by atoms with Crippen LogP contribution in [0.2, 0.25) is 5.32 Å². The molecule has 0 amide bonds. The van der Waals surface area contributed by atoms with Crippen molar-refractivity contribution in [2.75, 3.05) is 6.26 Å². The molecule has 0 saturated heterocycles. The first-order valence-corrected chi connectivity index (χ1v) is 8.14. The molecule has 16 heavy (non-hydrogen) atoms. The van der Waals surface area contributed by atoms with Crippen LogP contribution in [-0.2, 0) is 0 Å². The normalized spacial score (nSPS) is 10.2. The first kappa shape index (κ1) is 11.5. The van der Waals surface area contributed by atoms with E-state index < -0.39 is 0 Å². The molecule has 2 rings (SSSR count). The van der Waals surface area contributed by atoms with Crippen LogP contribution < -0.4 is 4.46 Å². The van der Waals surface area contributed by atoms with Crippen LogP contribution in [0.4, 0.5) is 0 Å². The van der Waals surface area contributed by atoms with Gasteiger partial charge in [0.1, 0.15) is 0 Å². The van der Waals surface area contributed by atoms with E-state index in [0.717, 1.165) is 10.8 Å². The predicted octanol–water partition coefficient (Wildman–Crippen LogP) is 2.34. The van der Waals surface area contributed by atoms with Crippen LogP contribution in [0.1, 0.15) is 0 Å². The zero-order valence-corrected chi connectivity index (χ0v) is 11.5. The van der Waals surface area contributed by atoms with E-state index in [9.17, 15) is 0 Å². The average molecular weight is 292 g/mol. The summed E-state index contributed by atoms with van der Waals surface area (Å²) < 4.78 is 1.39. The number of nitrogens with zero attached hydrogens (tertiary/aromatic N) is 1. The summed E-state index contributed by atoms with van der Waals surface area (Å²) in [5.74, 6) is 2.73. The van der Waals surface area contributed by atoms with Gasteiger partial charge in [0.2, 0.25) is 0 Å². The standard InChI is InChI=1S/C13H11NSSe/c1-3-8-16-13-10-6-4-5-7-11(10)14-9-12(13)15-2/h1,4-7,9H,8H2,2H3. The fourth-order valence-corrected chi connectivity index (χ4v) is 4.37. The Labute approximate surface area is 106 Å². The molecule has 1 aromatic carbocycles. The minimum absolute atomic E-state index is 0.343. The fraction of sp³-hybridized carbons (Fsp3) is 0.154. The molecular formula is C13H11NSSe. The van der Waals surface area contributed by atoms with Gasteiger partial charge >= 0.3 is 106 Å². The van der Waals surface area contributed by atoms with Gasteiger partial charge in [-0.1, -0.05) is 0 Å². The van der Waals surface area contributed by atoms with Crippen molar-refractivity contribution in [2.45, 2.75) is 10.2 Å². The maximum absolute atomic E-state index is 5.36. The van der Waals surface area contributed by atoms with Gasteiger partial charge < -0.3 is 0 Å². The Morgan fingerprint density at radius 2 is 2.25 bits per heavy atom. The van der Waals surface area contributed by atoms with Crippen LogP contribution in [0.3, 0.4) is 0 Å². The number of pyridine rings is 1. The van der Waals surface area contributed by atoms with Gasteiger partial charge in [0, 0.05) is 0 Å². The first-order chi connectivity index (χ1) is 7.86. The molecule has 0 radical (unpaired) electrons. The number of aromatic nitrogens is 1. The second kappa shape index (κ2) is 5.41. The Morgan fingerprint density at radius 3 is 3.00 bits per heavy atom. The summed E-state index contributed by atoms with van der Waals surface area (Å²) in [6.07, 6.45) is 9.40. The van der Waals surface area contributed by atoms with E-state index in [1.807, 2.05) is 12.3 Å². The van der Waals surface area contributed by atoms with Crippen molar-refractivity contribution in [3.8, 4) is 12.3 Å². The van der Waals surface area contributed by atoms with Crippen LogP contribution in [0.5, 0.6) is 0 Å². The number of rotatable bonds is 3. The van der Waals surface area contributed by atoms with Crippen LogP contribution in [0, 0.1) is 12.3 Å². The van der Waals surface area contributed by atoms with Crippen molar-refractivity contribution in [2.24, 2.45) is 0 Å². The molecule has 0 spiro atoms. The van der Waals surface area contributed by atoms with Gasteiger partial charge in [-0.15, -0.1) is 0 Å². The molecular weight excluding hydrogens is 281 g/mol. The van der Waals surface area contributed by atoms with E-state index in [1.165, 1.54) is 14.7 Å². The van der Waals surface area contributed by atoms with Gasteiger partial charge in [-0.2, -0.15) is 0 Å². The topological polar surface area (TPSA) is 12.9 Å². The van der Waals surface area contributed by atoms with Crippen LogP contribution in [0.25, 0.3) is 10.9 Å². The second-order valence-electron chi connectivity index (χ2n) is 3.17. The number of fused-ring (bicyclic) bond motifs is 1. The number of terminal acetylenes is 1. The van der Waals surface area contributed by atoms with E-state index in [1.54, 1.807) is 11.8 Å². The Balaban J connectivity index is 2.59. The van der Waals surface area contributed by atoms with Gasteiger partial charge in [0.15, 0.2) is 0 Å². The number of benzene rings is 1. The van der Waals surface area contributed by atoms with E-state index in [-0.39, 0.29) is 0 Å². The van der Waals surface area contributed by atoms with Crippen molar-refractivity contribution in [1.29, 1.82) is 0 Å². The number of thioether (sulfide) groups is 1. The van der Waals surface area contributed by atoms with E-state index in [0.29, 0.717) is 15.0 Å². The molecule has 80 valence electrons. The second-order valence-corrected chi connectivity index (χ2v) is 6.08. The predicted molar refractivity (Wildman–Crippen MR) is 72.6 cm³/mol. The third-order valence-electron chi connectivity index (χ3n) is 2.21. The monoisotopic (exact) mass is 293 g/mol. The molecule has 2 aromatic rings. The van der Waals surface area contributed by atoms with Crippen molar-refractivity contribution in [3.63, 3.8) is 0 Å². The summed E-state index contributed by atoms with van der Waals surface area (Å²) in [6.45, 7) is 0. The zero-order chi connectivity index (χ0) is 11.4. The van der Waals surface area contributed by atoms with Crippen LogP contribution in [0.15, 0.2) is 35.4 Å².